The fourth-order valence-electron chi connectivity index (χ4n) is 1.04. The Hall–Kier alpha value is -0.300. The second kappa shape index (κ2) is 0.920. The van der Waals surface area contributed by atoms with E-state index in [0.717, 1.165) is 6.61 Å². The van der Waals surface area contributed by atoms with E-state index >= 15 is 0 Å². The normalized spacial score (nSPS) is 45.7. The molecule has 1 fully saturated rings. The molecule has 1 nitrogen and oxygen atoms in total. The van der Waals surface area contributed by atoms with Crippen molar-refractivity contribution < 1.29 is 4.74 Å². The summed E-state index contributed by atoms with van der Waals surface area (Å²) in [4.78, 5) is 0. The summed E-state index contributed by atoms with van der Waals surface area (Å²) in [5.41, 5.74) is 0.264. The highest BCUT2D eigenvalue weighted by atomic mass is 16.6. The van der Waals surface area contributed by atoms with Crippen molar-refractivity contribution in [2.24, 2.45) is 0 Å². The predicted octanol–water partition coefficient (Wildman–Crippen LogP) is 1.11. The average Bonchev–Trinajstić information content (AvgIpc) is 2.15. The largest absolute Gasteiger partial charge is 0.365 e. The van der Waals surface area contributed by atoms with Crippen LogP contribution >= 0.6 is 0 Å². The molecule has 0 aromatic heterocycles. The smallest absolute Gasteiger partial charge is 0.110 e. The first-order valence-corrected chi connectivity index (χ1v) is 2.73. The minimum absolute atomic E-state index is 0.264. The lowest BCUT2D eigenvalue weighted by atomic mass is 10.1. The van der Waals surface area contributed by atoms with Crippen molar-refractivity contribution in [3.8, 4) is 0 Å². The van der Waals surface area contributed by atoms with Crippen molar-refractivity contribution in [3.63, 3.8) is 0 Å². The van der Waals surface area contributed by atoms with E-state index in [0.29, 0.717) is 0 Å². The first kappa shape index (κ1) is 3.67. The molecule has 7 heavy (non-hydrogen) atoms. The Kier molecular flexibility index (Phi) is 0.482. The quantitative estimate of drug-likeness (QED) is 0.325. The number of hydrogen-bond acceptors (Lipinski definition) is 1. The zero-order valence-electron chi connectivity index (χ0n) is 4.18. The molecule has 1 aliphatic carbocycles. The van der Waals surface area contributed by atoms with Gasteiger partial charge in [0.2, 0.25) is 0 Å². The monoisotopic (exact) mass is 96.1 g/mol. The lowest BCUT2D eigenvalue weighted by molar-refractivity contribution is 0.348. The Balaban J connectivity index is 2.22. The maximum absolute atomic E-state index is 5.17. The Morgan fingerprint density at radius 1 is 1.57 bits per heavy atom. The van der Waals surface area contributed by atoms with Gasteiger partial charge in [-0.1, -0.05) is 12.2 Å². The molecule has 0 radical (unpaired) electrons. The Morgan fingerprint density at radius 3 is 2.71 bits per heavy atom. The third-order valence-corrected chi connectivity index (χ3v) is 1.67. The predicted molar refractivity (Wildman–Crippen MR) is 27.1 cm³/mol. The van der Waals surface area contributed by atoms with E-state index in [-0.39, 0.29) is 5.60 Å². The number of allylic oxidation sites excluding steroid dienone is 1. The van der Waals surface area contributed by atoms with Crippen molar-refractivity contribution >= 4 is 0 Å². The Bertz CT molecular complexity index is 111. The minimum atomic E-state index is 0.264. The molecule has 2 rings (SSSR count). The second-order valence-electron chi connectivity index (χ2n) is 2.29. The molecule has 2 aliphatic rings. The fourth-order valence-corrected chi connectivity index (χ4v) is 1.04. The molecule has 38 valence electrons. The minimum Gasteiger partial charge on any atom is -0.365 e. The molecule has 0 bridgehead atoms. The van der Waals surface area contributed by atoms with Crippen LogP contribution in [0.2, 0.25) is 0 Å². The Labute approximate surface area is 43.0 Å². The molecule has 1 unspecified atom stereocenters. The Morgan fingerprint density at radius 2 is 2.43 bits per heavy atom. The SMILES string of the molecule is C1=CC2(CC1)CO2. The van der Waals surface area contributed by atoms with Crippen molar-refractivity contribution in [2.75, 3.05) is 6.61 Å². The highest BCUT2D eigenvalue weighted by Gasteiger charge is 2.43. The van der Waals surface area contributed by atoms with Crippen LogP contribution in [0.15, 0.2) is 12.2 Å². The highest BCUT2D eigenvalue weighted by Crippen LogP contribution is 2.37. The van der Waals surface area contributed by atoms with Gasteiger partial charge in [-0.25, -0.2) is 0 Å². The number of ether oxygens (including phenoxy) is 1. The van der Waals surface area contributed by atoms with Gasteiger partial charge in [0.05, 0.1) is 6.61 Å². The van der Waals surface area contributed by atoms with Gasteiger partial charge in [0, 0.05) is 0 Å². The van der Waals surface area contributed by atoms with Gasteiger partial charge in [-0.05, 0) is 12.8 Å². The summed E-state index contributed by atoms with van der Waals surface area (Å²) in [5, 5.41) is 0. The molecule has 1 heterocycles. The van der Waals surface area contributed by atoms with Crippen LogP contribution in [0.5, 0.6) is 0 Å². The van der Waals surface area contributed by atoms with Crippen LogP contribution < -0.4 is 0 Å². The third kappa shape index (κ3) is 0.416. The van der Waals surface area contributed by atoms with Gasteiger partial charge in [-0.2, -0.15) is 0 Å². The second-order valence-corrected chi connectivity index (χ2v) is 2.29. The van der Waals surface area contributed by atoms with E-state index in [1.54, 1.807) is 0 Å². The summed E-state index contributed by atoms with van der Waals surface area (Å²) in [5.74, 6) is 0. The van der Waals surface area contributed by atoms with E-state index in [1.807, 2.05) is 0 Å². The van der Waals surface area contributed by atoms with Crippen LogP contribution in [0.4, 0.5) is 0 Å². The molecule has 1 atom stereocenters. The molecule has 1 saturated heterocycles. The lowest BCUT2D eigenvalue weighted by Gasteiger charge is -1.91. The van der Waals surface area contributed by atoms with E-state index in [1.165, 1.54) is 12.8 Å². The van der Waals surface area contributed by atoms with Crippen molar-refractivity contribution in [2.45, 2.75) is 18.4 Å². The van der Waals surface area contributed by atoms with E-state index in [2.05, 4.69) is 12.2 Å². The van der Waals surface area contributed by atoms with Gasteiger partial charge in [0.1, 0.15) is 5.60 Å². The van der Waals surface area contributed by atoms with E-state index < -0.39 is 0 Å². The van der Waals surface area contributed by atoms with Gasteiger partial charge >= 0.3 is 0 Å². The molecular formula is C6H8O. The molecule has 0 saturated carbocycles. The van der Waals surface area contributed by atoms with Gasteiger partial charge in [-0.3, -0.25) is 0 Å². The lowest BCUT2D eigenvalue weighted by Crippen LogP contribution is -1.98. The zero-order valence-corrected chi connectivity index (χ0v) is 4.18. The van der Waals surface area contributed by atoms with Crippen molar-refractivity contribution in [1.82, 2.24) is 0 Å². The molecule has 1 heteroatoms. The van der Waals surface area contributed by atoms with Crippen LogP contribution in [-0.4, -0.2) is 12.2 Å². The van der Waals surface area contributed by atoms with Gasteiger partial charge in [0.25, 0.3) is 0 Å². The van der Waals surface area contributed by atoms with Gasteiger partial charge < -0.3 is 4.74 Å². The summed E-state index contributed by atoms with van der Waals surface area (Å²) >= 11 is 0. The molecule has 0 aromatic rings. The van der Waals surface area contributed by atoms with E-state index in [4.69, 9.17) is 4.74 Å². The summed E-state index contributed by atoms with van der Waals surface area (Å²) < 4.78 is 5.17. The van der Waals surface area contributed by atoms with Crippen LogP contribution in [0.3, 0.4) is 0 Å². The first-order chi connectivity index (χ1) is 3.41. The highest BCUT2D eigenvalue weighted by molar-refractivity contribution is 5.15. The van der Waals surface area contributed by atoms with Crippen LogP contribution in [-0.2, 0) is 4.74 Å². The number of epoxide rings is 1. The third-order valence-electron chi connectivity index (χ3n) is 1.67. The standard InChI is InChI=1S/C6H8O/c1-2-4-6(3-1)5-7-6/h1,3H,2,4-5H2. The zero-order chi connectivity index (χ0) is 4.74. The first-order valence-electron chi connectivity index (χ1n) is 2.73. The van der Waals surface area contributed by atoms with Crippen LogP contribution in [0, 0.1) is 0 Å². The summed E-state index contributed by atoms with van der Waals surface area (Å²) in [6.07, 6.45) is 6.84. The number of rotatable bonds is 0. The topological polar surface area (TPSA) is 12.5 Å². The van der Waals surface area contributed by atoms with Crippen molar-refractivity contribution in [1.29, 1.82) is 0 Å². The van der Waals surface area contributed by atoms with Gasteiger partial charge in [0.15, 0.2) is 0 Å². The average molecular weight is 96.1 g/mol. The maximum Gasteiger partial charge on any atom is 0.110 e. The van der Waals surface area contributed by atoms with E-state index in [9.17, 15) is 0 Å². The molecule has 1 spiro atoms. The molecule has 0 aromatic carbocycles. The molecule has 0 amide bonds. The molecule has 0 N–H and O–H groups in total. The van der Waals surface area contributed by atoms with Crippen LogP contribution in [0.25, 0.3) is 0 Å². The fraction of sp³-hybridized carbons (Fsp3) is 0.667. The summed E-state index contributed by atoms with van der Waals surface area (Å²) in [6.45, 7) is 0.976. The summed E-state index contributed by atoms with van der Waals surface area (Å²) in [6, 6.07) is 0. The van der Waals surface area contributed by atoms with Crippen molar-refractivity contribution in [3.05, 3.63) is 12.2 Å². The molecule has 1 aliphatic heterocycles. The maximum atomic E-state index is 5.17. The molecular weight excluding hydrogens is 88.1 g/mol. The van der Waals surface area contributed by atoms with Gasteiger partial charge in [-0.15, -0.1) is 0 Å². The summed E-state index contributed by atoms with van der Waals surface area (Å²) in [7, 11) is 0. The number of hydrogen-bond donors (Lipinski definition) is 0. The van der Waals surface area contributed by atoms with Crippen LogP contribution in [0.1, 0.15) is 12.8 Å².